The zero-order valence-corrected chi connectivity index (χ0v) is 12.2. The molecular weight excluding hydrogens is 285 g/mol. The third-order valence-electron chi connectivity index (χ3n) is 3.40. The molecule has 1 aromatic heterocycles. The quantitative estimate of drug-likeness (QED) is 0.878. The van der Waals surface area contributed by atoms with Crippen LogP contribution in [0.25, 0.3) is 11.1 Å². The van der Waals surface area contributed by atoms with Crippen molar-refractivity contribution in [3.05, 3.63) is 21.7 Å². The minimum atomic E-state index is 0.550. The number of aromatic nitrogens is 1. The SMILES string of the molecule is Cc1c(Cl)cc2nc(N3CCCNCC3)oc2c1Cl. The lowest BCUT2D eigenvalue weighted by molar-refractivity contribution is 0.571. The van der Waals surface area contributed by atoms with Crippen molar-refractivity contribution in [1.29, 1.82) is 0 Å². The number of nitrogens with zero attached hydrogens (tertiary/aromatic N) is 2. The highest BCUT2D eigenvalue weighted by Crippen LogP contribution is 2.34. The van der Waals surface area contributed by atoms with Crippen molar-refractivity contribution in [2.24, 2.45) is 0 Å². The maximum Gasteiger partial charge on any atom is 0.298 e. The fourth-order valence-electron chi connectivity index (χ4n) is 2.25. The van der Waals surface area contributed by atoms with Gasteiger partial charge in [0, 0.05) is 24.7 Å². The van der Waals surface area contributed by atoms with Gasteiger partial charge in [-0.15, -0.1) is 0 Å². The molecule has 1 N–H and O–H groups in total. The summed E-state index contributed by atoms with van der Waals surface area (Å²) in [5.41, 5.74) is 2.17. The molecule has 1 aliphatic rings. The Hall–Kier alpha value is -0.970. The molecular formula is C13H15Cl2N3O. The molecule has 0 radical (unpaired) electrons. The van der Waals surface area contributed by atoms with Crippen molar-refractivity contribution >= 4 is 40.3 Å². The van der Waals surface area contributed by atoms with Gasteiger partial charge in [-0.1, -0.05) is 23.2 Å². The number of rotatable bonds is 1. The molecule has 0 aliphatic carbocycles. The summed E-state index contributed by atoms with van der Waals surface area (Å²) in [5, 5.41) is 4.52. The van der Waals surface area contributed by atoms with Crippen molar-refractivity contribution in [1.82, 2.24) is 10.3 Å². The average molecular weight is 300 g/mol. The van der Waals surface area contributed by atoms with Gasteiger partial charge in [0.2, 0.25) is 0 Å². The van der Waals surface area contributed by atoms with E-state index in [2.05, 4.69) is 15.2 Å². The molecule has 6 heteroatoms. The van der Waals surface area contributed by atoms with Gasteiger partial charge in [0.05, 0.1) is 5.02 Å². The standard InChI is InChI=1S/C13H15Cl2N3O/c1-8-9(14)7-10-12(11(8)15)19-13(17-10)18-5-2-3-16-4-6-18/h7,16H,2-6H2,1H3. The van der Waals surface area contributed by atoms with Crippen LogP contribution < -0.4 is 10.2 Å². The lowest BCUT2D eigenvalue weighted by atomic mass is 10.2. The summed E-state index contributed by atoms with van der Waals surface area (Å²) in [6.07, 6.45) is 1.08. The minimum absolute atomic E-state index is 0.550. The van der Waals surface area contributed by atoms with E-state index in [-0.39, 0.29) is 0 Å². The zero-order valence-electron chi connectivity index (χ0n) is 10.7. The third-order valence-corrected chi connectivity index (χ3v) is 4.25. The predicted molar refractivity (Wildman–Crippen MR) is 78.5 cm³/mol. The normalized spacial score (nSPS) is 16.9. The number of oxazole rings is 1. The summed E-state index contributed by atoms with van der Waals surface area (Å²) in [6, 6.07) is 2.43. The van der Waals surface area contributed by atoms with Crippen LogP contribution in [0.2, 0.25) is 10.0 Å². The van der Waals surface area contributed by atoms with Crippen molar-refractivity contribution < 1.29 is 4.42 Å². The van der Waals surface area contributed by atoms with Crippen LogP contribution in [0, 0.1) is 6.92 Å². The number of halogens is 2. The van der Waals surface area contributed by atoms with E-state index in [4.69, 9.17) is 27.6 Å². The Morgan fingerprint density at radius 3 is 3.00 bits per heavy atom. The first-order valence-electron chi connectivity index (χ1n) is 6.37. The van der Waals surface area contributed by atoms with E-state index in [1.165, 1.54) is 0 Å². The summed E-state index contributed by atoms with van der Waals surface area (Å²) in [4.78, 5) is 6.64. The first-order valence-corrected chi connectivity index (χ1v) is 7.13. The Bertz CT molecular complexity index is 603. The van der Waals surface area contributed by atoms with Crippen LogP contribution in [-0.2, 0) is 0 Å². The van der Waals surface area contributed by atoms with E-state index >= 15 is 0 Å². The van der Waals surface area contributed by atoms with Crippen molar-refractivity contribution in [2.45, 2.75) is 13.3 Å². The van der Waals surface area contributed by atoms with Gasteiger partial charge >= 0.3 is 0 Å². The molecule has 1 aliphatic heterocycles. The highest BCUT2D eigenvalue weighted by molar-refractivity contribution is 6.39. The van der Waals surface area contributed by atoms with Crippen LogP contribution in [0.3, 0.4) is 0 Å². The molecule has 0 bridgehead atoms. The summed E-state index contributed by atoms with van der Waals surface area (Å²) in [5.74, 6) is 0. The van der Waals surface area contributed by atoms with Crippen LogP contribution in [0.5, 0.6) is 0 Å². The van der Waals surface area contributed by atoms with E-state index < -0.39 is 0 Å². The predicted octanol–water partition coefficient (Wildman–Crippen LogP) is 3.24. The first-order chi connectivity index (χ1) is 9.16. The van der Waals surface area contributed by atoms with Gasteiger partial charge in [0.25, 0.3) is 6.01 Å². The Labute approximate surface area is 121 Å². The second-order valence-corrected chi connectivity index (χ2v) is 5.52. The number of hydrogen-bond donors (Lipinski definition) is 1. The van der Waals surface area contributed by atoms with Crippen molar-refractivity contribution in [3.63, 3.8) is 0 Å². The molecule has 0 saturated carbocycles. The molecule has 19 heavy (non-hydrogen) atoms. The topological polar surface area (TPSA) is 41.3 Å². The second-order valence-electron chi connectivity index (χ2n) is 4.73. The highest BCUT2D eigenvalue weighted by Gasteiger charge is 2.18. The van der Waals surface area contributed by atoms with E-state index in [1.54, 1.807) is 6.07 Å². The maximum atomic E-state index is 6.27. The van der Waals surface area contributed by atoms with E-state index in [1.807, 2.05) is 6.92 Å². The summed E-state index contributed by atoms with van der Waals surface area (Å²) >= 11 is 12.4. The largest absolute Gasteiger partial charge is 0.422 e. The Kier molecular flexibility index (Phi) is 3.56. The highest BCUT2D eigenvalue weighted by atomic mass is 35.5. The molecule has 1 saturated heterocycles. The summed E-state index contributed by atoms with van der Waals surface area (Å²) in [6.45, 7) is 5.66. The number of benzene rings is 1. The minimum Gasteiger partial charge on any atom is -0.422 e. The smallest absolute Gasteiger partial charge is 0.298 e. The molecule has 0 unspecified atom stereocenters. The molecule has 4 nitrogen and oxygen atoms in total. The van der Waals surface area contributed by atoms with Gasteiger partial charge in [-0.05, 0) is 31.5 Å². The van der Waals surface area contributed by atoms with Crippen LogP contribution in [0.1, 0.15) is 12.0 Å². The summed E-state index contributed by atoms with van der Waals surface area (Å²) in [7, 11) is 0. The molecule has 0 amide bonds. The van der Waals surface area contributed by atoms with Crippen molar-refractivity contribution in [2.75, 3.05) is 31.1 Å². The number of nitrogens with one attached hydrogen (secondary N) is 1. The van der Waals surface area contributed by atoms with E-state index in [0.717, 1.165) is 38.2 Å². The number of hydrogen-bond acceptors (Lipinski definition) is 4. The molecule has 0 spiro atoms. The lowest BCUT2D eigenvalue weighted by Gasteiger charge is -2.16. The average Bonchev–Trinajstić information content (AvgIpc) is 2.64. The van der Waals surface area contributed by atoms with Gasteiger partial charge in [-0.3, -0.25) is 0 Å². The fraction of sp³-hybridized carbons (Fsp3) is 0.462. The van der Waals surface area contributed by atoms with E-state index in [9.17, 15) is 0 Å². The third kappa shape index (κ3) is 2.40. The molecule has 1 fully saturated rings. The van der Waals surface area contributed by atoms with Gasteiger partial charge < -0.3 is 14.6 Å². The van der Waals surface area contributed by atoms with E-state index in [0.29, 0.717) is 27.2 Å². The van der Waals surface area contributed by atoms with Gasteiger partial charge in [0.15, 0.2) is 5.58 Å². The van der Waals surface area contributed by atoms with Gasteiger partial charge in [-0.2, -0.15) is 4.98 Å². The molecule has 1 aromatic carbocycles. The maximum absolute atomic E-state index is 6.27. The summed E-state index contributed by atoms with van der Waals surface area (Å²) < 4.78 is 5.83. The second kappa shape index (κ2) is 5.19. The van der Waals surface area contributed by atoms with Crippen molar-refractivity contribution in [3.8, 4) is 0 Å². The van der Waals surface area contributed by atoms with Crippen LogP contribution >= 0.6 is 23.2 Å². The molecule has 102 valence electrons. The Balaban J connectivity index is 2.03. The zero-order chi connectivity index (χ0) is 13.4. The molecule has 2 heterocycles. The Morgan fingerprint density at radius 2 is 2.16 bits per heavy atom. The fourth-order valence-corrected chi connectivity index (χ4v) is 2.73. The van der Waals surface area contributed by atoms with Crippen LogP contribution in [-0.4, -0.2) is 31.2 Å². The molecule has 0 atom stereocenters. The number of fused-ring (bicyclic) bond motifs is 1. The van der Waals surface area contributed by atoms with Gasteiger partial charge in [0.1, 0.15) is 5.52 Å². The van der Waals surface area contributed by atoms with Crippen LogP contribution in [0.4, 0.5) is 6.01 Å². The monoisotopic (exact) mass is 299 g/mol. The van der Waals surface area contributed by atoms with Gasteiger partial charge in [-0.25, -0.2) is 0 Å². The first kappa shape index (κ1) is 13.0. The number of anilines is 1. The molecule has 3 rings (SSSR count). The Morgan fingerprint density at radius 1 is 1.32 bits per heavy atom. The lowest BCUT2D eigenvalue weighted by Crippen LogP contribution is -2.27. The van der Waals surface area contributed by atoms with Crippen LogP contribution in [0.15, 0.2) is 10.5 Å². The molecule has 2 aromatic rings.